The molecule has 132 valence electrons. The summed E-state index contributed by atoms with van der Waals surface area (Å²) in [5.41, 5.74) is 3.16. The SMILES string of the molecule is C=CCN(c1ccc(C(=O)NCc2ccc(C)cc2)cc1)S(C)(=O)=O. The van der Waals surface area contributed by atoms with Gasteiger partial charge in [-0.15, -0.1) is 6.58 Å². The van der Waals surface area contributed by atoms with E-state index in [9.17, 15) is 13.2 Å². The second kappa shape index (κ2) is 7.98. The molecular formula is C19H22N2O3S. The van der Waals surface area contributed by atoms with E-state index in [1.807, 2.05) is 31.2 Å². The van der Waals surface area contributed by atoms with Crippen LogP contribution < -0.4 is 9.62 Å². The van der Waals surface area contributed by atoms with Crippen LogP contribution >= 0.6 is 0 Å². The normalized spacial score (nSPS) is 11.0. The van der Waals surface area contributed by atoms with Crippen LogP contribution in [0.1, 0.15) is 21.5 Å². The largest absolute Gasteiger partial charge is 0.348 e. The lowest BCUT2D eigenvalue weighted by Gasteiger charge is -2.20. The van der Waals surface area contributed by atoms with Gasteiger partial charge in [-0.05, 0) is 36.8 Å². The number of nitrogens with one attached hydrogen (secondary N) is 1. The maximum Gasteiger partial charge on any atom is 0.251 e. The molecule has 0 fully saturated rings. The Morgan fingerprint density at radius 1 is 1.12 bits per heavy atom. The fourth-order valence-corrected chi connectivity index (χ4v) is 3.20. The summed E-state index contributed by atoms with van der Waals surface area (Å²) in [5, 5.41) is 2.85. The molecule has 0 bridgehead atoms. The van der Waals surface area contributed by atoms with Crippen LogP contribution in [-0.4, -0.2) is 27.1 Å². The lowest BCUT2D eigenvalue weighted by atomic mass is 10.1. The van der Waals surface area contributed by atoms with Crippen LogP contribution in [0.2, 0.25) is 0 Å². The predicted octanol–water partition coefficient (Wildman–Crippen LogP) is 2.88. The van der Waals surface area contributed by atoms with Crippen molar-refractivity contribution in [3.05, 3.63) is 77.9 Å². The van der Waals surface area contributed by atoms with Gasteiger partial charge in [0.25, 0.3) is 5.91 Å². The number of nitrogens with zero attached hydrogens (tertiary/aromatic N) is 1. The molecule has 0 saturated heterocycles. The number of aryl methyl sites for hydroxylation is 1. The van der Waals surface area contributed by atoms with Crippen LogP contribution in [0, 0.1) is 6.92 Å². The van der Waals surface area contributed by atoms with Crippen LogP contribution in [-0.2, 0) is 16.6 Å². The third-order valence-electron chi connectivity index (χ3n) is 3.69. The monoisotopic (exact) mass is 358 g/mol. The van der Waals surface area contributed by atoms with Gasteiger partial charge in [-0.3, -0.25) is 9.10 Å². The molecule has 0 aliphatic carbocycles. The number of rotatable bonds is 7. The second-order valence-electron chi connectivity index (χ2n) is 5.80. The van der Waals surface area contributed by atoms with Crippen molar-refractivity contribution >= 4 is 21.6 Å². The zero-order valence-corrected chi connectivity index (χ0v) is 15.2. The van der Waals surface area contributed by atoms with Gasteiger partial charge in [0.2, 0.25) is 10.0 Å². The van der Waals surface area contributed by atoms with Crippen molar-refractivity contribution in [1.82, 2.24) is 5.32 Å². The van der Waals surface area contributed by atoms with Gasteiger partial charge in [0.15, 0.2) is 0 Å². The van der Waals surface area contributed by atoms with E-state index in [1.165, 1.54) is 15.9 Å². The summed E-state index contributed by atoms with van der Waals surface area (Å²) in [7, 11) is -3.40. The van der Waals surface area contributed by atoms with Crippen molar-refractivity contribution < 1.29 is 13.2 Å². The molecule has 0 spiro atoms. The number of anilines is 1. The predicted molar refractivity (Wildman–Crippen MR) is 101 cm³/mol. The lowest BCUT2D eigenvalue weighted by molar-refractivity contribution is 0.0951. The van der Waals surface area contributed by atoms with Crippen molar-refractivity contribution in [3.8, 4) is 0 Å². The minimum atomic E-state index is -3.40. The maximum absolute atomic E-state index is 12.2. The van der Waals surface area contributed by atoms with Crippen molar-refractivity contribution in [2.24, 2.45) is 0 Å². The molecule has 0 aliphatic heterocycles. The van der Waals surface area contributed by atoms with E-state index in [0.29, 0.717) is 17.8 Å². The topological polar surface area (TPSA) is 66.5 Å². The Bertz CT molecular complexity index is 841. The Morgan fingerprint density at radius 3 is 2.24 bits per heavy atom. The number of hydrogen-bond acceptors (Lipinski definition) is 3. The third-order valence-corrected chi connectivity index (χ3v) is 4.85. The summed E-state index contributed by atoms with van der Waals surface area (Å²) in [6.07, 6.45) is 2.65. The minimum Gasteiger partial charge on any atom is -0.348 e. The van der Waals surface area contributed by atoms with E-state index < -0.39 is 10.0 Å². The van der Waals surface area contributed by atoms with Crippen molar-refractivity contribution in [1.29, 1.82) is 0 Å². The number of benzene rings is 2. The molecule has 0 radical (unpaired) electrons. The fraction of sp³-hybridized carbons (Fsp3) is 0.211. The molecule has 25 heavy (non-hydrogen) atoms. The zero-order chi connectivity index (χ0) is 18.4. The highest BCUT2D eigenvalue weighted by Gasteiger charge is 2.16. The van der Waals surface area contributed by atoms with Crippen LogP contribution in [0.3, 0.4) is 0 Å². The Kier molecular flexibility index (Phi) is 5.98. The Balaban J connectivity index is 2.06. The van der Waals surface area contributed by atoms with E-state index in [0.717, 1.165) is 11.8 Å². The number of amides is 1. The highest BCUT2D eigenvalue weighted by atomic mass is 32.2. The van der Waals surface area contributed by atoms with E-state index in [2.05, 4.69) is 11.9 Å². The second-order valence-corrected chi connectivity index (χ2v) is 7.70. The molecule has 2 aromatic carbocycles. The first kappa shape index (κ1) is 18.7. The Labute approximate surface area is 149 Å². The van der Waals surface area contributed by atoms with Crippen molar-refractivity contribution in [2.45, 2.75) is 13.5 Å². The quantitative estimate of drug-likeness (QED) is 0.774. The molecule has 0 aliphatic rings. The van der Waals surface area contributed by atoms with Gasteiger partial charge in [-0.1, -0.05) is 35.9 Å². The molecular weight excluding hydrogens is 336 g/mol. The molecule has 2 rings (SSSR count). The molecule has 1 N–H and O–H groups in total. The van der Waals surface area contributed by atoms with E-state index in [1.54, 1.807) is 24.3 Å². The Hall–Kier alpha value is -2.60. The van der Waals surface area contributed by atoms with Crippen molar-refractivity contribution in [2.75, 3.05) is 17.1 Å². The first-order valence-electron chi connectivity index (χ1n) is 7.83. The van der Waals surface area contributed by atoms with Crippen LogP contribution in [0.5, 0.6) is 0 Å². The minimum absolute atomic E-state index is 0.178. The van der Waals surface area contributed by atoms with Crippen LogP contribution in [0.25, 0.3) is 0 Å². The standard InChI is InChI=1S/C19H22N2O3S/c1-4-13-21(25(3,23)24)18-11-9-17(10-12-18)19(22)20-14-16-7-5-15(2)6-8-16/h4-12H,1,13-14H2,2-3H3,(H,20,22). The third kappa shape index (κ3) is 5.19. The zero-order valence-electron chi connectivity index (χ0n) is 14.4. The molecule has 1 amide bonds. The smallest absolute Gasteiger partial charge is 0.251 e. The molecule has 0 saturated carbocycles. The lowest BCUT2D eigenvalue weighted by Crippen LogP contribution is -2.30. The summed E-state index contributed by atoms with van der Waals surface area (Å²) in [4.78, 5) is 12.2. The highest BCUT2D eigenvalue weighted by Crippen LogP contribution is 2.18. The van der Waals surface area contributed by atoms with Gasteiger partial charge in [-0.2, -0.15) is 0 Å². The van der Waals surface area contributed by atoms with Crippen LogP contribution in [0.15, 0.2) is 61.2 Å². The molecule has 0 heterocycles. The van der Waals surface area contributed by atoms with Crippen LogP contribution in [0.4, 0.5) is 5.69 Å². The van der Waals surface area contributed by atoms with Crippen molar-refractivity contribution in [3.63, 3.8) is 0 Å². The first-order chi connectivity index (χ1) is 11.8. The average Bonchev–Trinajstić information content (AvgIpc) is 2.58. The summed E-state index contributed by atoms with van der Waals surface area (Å²) in [6, 6.07) is 14.4. The summed E-state index contributed by atoms with van der Waals surface area (Å²) < 4.78 is 24.9. The van der Waals surface area contributed by atoms with Gasteiger partial charge >= 0.3 is 0 Å². The molecule has 0 atom stereocenters. The maximum atomic E-state index is 12.2. The molecule has 2 aromatic rings. The first-order valence-corrected chi connectivity index (χ1v) is 9.68. The van der Waals surface area contributed by atoms with Gasteiger partial charge in [0, 0.05) is 12.1 Å². The van der Waals surface area contributed by atoms with E-state index in [4.69, 9.17) is 0 Å². The number of carbonyl (C=O) groups excluding carboxylic acids is 1. The molecule has 0 unspecified atom stereocenters. The van der Waals surface area contributed by atoms with Gasteiger partial charge in [-0.25, -0.2) is 8.42 Å². The summed E-state index contributed by atoms with van der Waals surface area (Å²) in [6.45, 7) is 6.20. The molecule has 0 aromatic heterocycles. The molecule has 5 nitrogen and oxygen atoms in total. The molecule has 6 heteroatoms. The highest BCUT2D eigenvalue weighted by molar-refractivity contribution is 7.92. The number of hydrogen-bond donors (Lipinski definition) is 1. The fourth-order valence-electron chi connectivity index (χ4n) is 2.32. The average molecular weight is 358 g/mol. The summed E-state index contributed by atoms with van der Waals surface area (Å²) in [5.74, 6) is -0.207. The number of carbonyl (C=O) groups is 1. The van der Waals surface area contributed by atoms with Gasteiger partial charge < -0.3 is 5.32 Å². The number of sulfonamides is 1. The summed E-state index contributed by atoms with van der Waals surface area (Å²) >= 11 is 0. The van der Waals surface area contributed by atoms with E-state index >= 15 is 0 Å². The van der Waals surface area contributed by atoms with Gasteiger partial charge in [0.1, 0.15) is 0 Å². The van der Waals surface area contributed by atoms with E-state index in [-0.39, 0.29) is 12.5 Å². The van der Waals surface area contributed by atoms with Gasteiger partial charge in [0.05, 0.1) is 18.5 Å². The Morgan fingerprint density at radius 2 is 1.72 bits per heavy atom.